The monoisotopic (exact) mass is 442 g/mol. The molecule has 0 saturated carbocycles. The summed E-state index contributed by atoms with van der Waals surface area (Å²) in [5.41, 5.74) is 0.642. The first-order valence-corrected chi connectivity index (χ1v) is 10.6. The Morgan fingerprint density at radius 1 is 1.10 bits per heavy atom. The predicted octanol–water partition coefficient (Wildman–Crippen LogP) is 2.27. The summed E-state index contributed by atoms with van der Waals surface area (Å²) in [6, 6.07) is 8.25. The zero-order chi connectivity index (χ0) is 22.1. The molecule has 2 saturated heterocycles. The second kappa shape index (κ2) is 8.55. The zero-order valence-corrected chi connectivity index (χ0v) is 17.9. The summed E-state index contributed by atoms with van der Waals surface area (Å²) in [4.78, 5) is 53.8. The molecule has 2 aromatic rings. The van der Waals surface area contributed by atoms with Crippen LogP contribution in [0, 0.1) is 5.92 Å². The van der Waals surface area contributed by atoms with Crippen molar-refractivity contribution in [3.8, 4) is 0 Å². The van der Waals surface area contributed by atoms with Crippen molar-refractivity contribution >= 4 is 40.7 Å². The normalized spacial score (nSPS) is 18.5. The van der Waals surface area contributed by atoms with Crippen LogP contribution in [0.2, 0.25) is 5.02 Å². The van der Waals surface area contributed by atoms with E-state index in [0.29, 0.717) is 29.4 Å². The second-order valence-electron chi connectivity index (χ2n) is 7.93. The topological polar surface area (TPSA) is 91.7 Å². The molecule has 2 aliphatic heterocycles. The van der Waals surface area contributed by atoms with E-state index in [1.54, 1.807) is 36.2 Å². The third-order valence-electron chi connectivity index (χ3n) is 5.72. The number of likely N-dealkylation sites (tertiary alicyclic amines) is 1. The maximum Gasteiger partial charge on any atom is 0.274 e. The van der Waals surface area contributed by atoms with Crippen molar-refractivity contribution in [2.45, 2.75) is 19.3 Å². The quantitative estimate of drug-likeness (QED) is 0.786. The fourth-order valence-corrected chi connectivity index (χ4v) is 4.14. The molecule has 1 aromatic heterocycles. The van der Waals surface area contributed by atoms with Gasteiger partial charge in [0.2, 0.25) is 11.8 Å². The number of hydrogen-bond donors (Lipinski definition) is 1. The summed E-state index contributed by atoms with van der Waals surface area (Å²) in [5.74, 6) is -1.36. The highest BCUT2D eigenvalue weighted by molar-refractivity contribution is 6.30. The Morgan fingerprint density at radius 2 is 1.77 bits per heavy atom. The van der Waals surface area contributed by atoms with E-state index in [0.717, 1.165) is 12.8 Å². The molecule has 0 unspecified atom stereocenters. The van der Waals surface area contributed by atoms with Crippen molar-refractivity contribution < 1.29 is 14.4 Å². The number of anilines is 2. The third kappa shape index (κ3) is 4.34. The van der Waals surface area contributed by atoms with Crippen LogP contribution in [-0.2, 0) is 16.6 Å². The summed E-state index contributed by atoms with van der Waals surface area (Å²) >= 11 is 5.90. The molecule has 0 radical (unpaired) electrons. The van der Waals surface area contributed by atoms with E-state index in [9.17, 15) is 19.2 Å². The van der Waals surface area contributed by atoms with Gasteiger partial charge in [-0.2, -0.15) is 0 Å². The number of halogens is 1. The summed E-state index contributed by atoms with van der Waals surface area (Å²) in [6.07, 6.45) is 3.45. The largest absolute Gasteiger partial charge is 0.339 e. The molecular formula is C22H23ClN4O4. The van der Waals surface area contributed by atoms with E-state index in [2.05, 4.69) is 5.32 Å². The van der Waals surface area contributed by atoms with Gasteiger partial charge in [-0.15, -0.1) is 0 Å². The lowest BCUT2D eigenvalue weighted by Crippen LogP contribution is -2.32. The molecule has 0 aliphatic carbocycles. The molecule has 2 aliphatic rings. The van der Waals surface area contributed by atoms with Crippen LogP contribution >= 0.6 is 11.6 Å². The molecule has 1 atom stereocenters. The molecule has 8 nitrogen and oxygen atoms in total. The lowest BCUT2D eigenvalue weighted by atomic mass is 10.1. The van der Waals surface area contributed by atoms with Crippen LogP contribution in [0.5, 0.6) is 0 Å². The van der Waals surface area contributed by atoms with Gasteiger partial charge in [0.1, 0.15) is 5.69 Å². The van der Waals surface area contributed by atoms with E-state index < -0.39 is 17.4 Å². The van der Waals surface area contributed by atoms with Crippen molar-refractivity contribution in [2.24, 2.45) is 13.0 Å². The van der Waals surface area contributed by atoms with Gasteiger partial charge in [0.05, 0.1) is 11.5 Å². The number of aromatic nitrogens is 1. The number of hydrogen-bond acceptors (Lipinski definition) is 4. The van der Waals surface area contributed by atoms with Gasteiger partial charge in [-0.3, -0.25) is 19.2 Å². The van der Waals surface area contributed by atoms with Gasteiger partial charge in [0, 0.05) is 50.0 Å². The number of pyridine rings is 1. The first-order chi connectivity index (χ1) is 14.8. The molecule has 3 heterocycles. The van der Waals surface area contributed by atoms with Crippen LogP contribution in [-0.4, -0.2) is 46.8 Å². The molecule has 0 bridgehead atoms. The molecule has 162 valence electrons. The Hall–Kier alpha value is -3.13. The van der Waals surface area contributed by atoms with Crippen molar-refractivity contribution in [3.05, 3.63) is 57.5 Å². The summed E-state index contributed by atoms with van der Waals surface area (Å²) in [6.45, 7) is 1.58. The number of nitrogens with one attached hydrogen (secondary N) is 1. The molecule has 4 rings (SSSR count). The number of carbonyl (C=O) groups excluding carboxylic acids is 3. The highest BCUT2D eigenvalue weighted by atomic mass is 35.5. The minimum atomic E-state index is -0.606. The number of amides is 3. The molecule has 3 amide bonds. The summed E-state index contributed by atoms with van der Waals surface area (Å²) in [5, 5.41) is 3.20. The van der Waals surface area contributed by atoms with Gasteiger partial charge in [0.25, 0.3) is 11.5 Å². The van der Waals surface area contributed by atoms with Gasteiger partial charge >= 0.3 is 0 Å². The van der Waals surface area contributed by atoms with Crippen LogP contribution in [0.1, 0.15) is 29.6 Å². The Kier molecular flexibility index (Phi) is 5.82. The first kappa shape index (κ1) is 21.1. The first-order valence-electron chi connectivity index (χ1n) is 10.2. The summed E-state index contributed by atoms with van der Waals surface area (Å²) < 4.78 is 1.29. The van der Waals surface area contributed by atoms with E-state index >= 15 is 0 Å². The Bertz CT molecular complexity index is 1090. The van der Waals surface area contributed by atoms with E-state index in [4.69, 9.17) is 11.6 Å². The van der Waals surface area contributed by atoms with E-state index in [1.165, 1.54) is 21.7 Å². The van der Waals surface area contributed by atoms with E-state index in [-0.39, 0.29) is 30.5 Å². The van der Waals surface area contributed by atoms with Crippen molar-refractivity contribution in [3.63, 3.8) is 0 Å². The molecule has 31 heavy (non-hydrogen) atoms. The average molecular weight is 443 g/mol. The van der Waals surface area contributed by atoms with Crippen LogP contribution in [0.3, 0.4) is 0 Å². The van der Waals surface area contributed by atoms with Crippen molar-refractivity contribution in [1.29, 1.82) is 0 Å². The Balaban J connectivity index is 1.50. The van der Waals surface area contributed by atoms with Crippen LogP contribution < -0.4 is 15.8 Å². The maximum absolute atomic E-state index is 12.8. The van der Waals surface area contributed by atoms with Gasteiger partial charge < -0.3 is 19.7 Å². The molecular weight excluding hydrogens is 420 g/mol. The third-order valence-corrected chi connectivity index (χ3v) is 5.97. The van der Waals surface area contributed by atoms with Crippen molar-refractivity contribution in [2.75, 3.05) is 29.9 Å². The lowest BCUT2D eigenvalue weighted by Gasteiger charge is -2.18. The van der Waals surface area contributed by atoms with Crippen LogP contribution in [0.15, 0.2) is 41.3 Å². The fraction of sp³-hybridized carbons (Fsp3) is 0.364. The van der Waals surface area contributed by atoms with Gasteiger partial charge in [-0.05, 0) is 43.2 Å². The van der Waals surface area contributed by atoms with Gasteiger partial charge in [0.15, 0.2) is 0 Å². The van der Waals surface area contributed by atoms with Gasteiger partial charge in [-0.25, -0.2) is 0 Å². The molecule has 2 fully saturated rings. The van der Waals surface area contributed by atoms with Crippen LogP contribution in [0.25, 0.3) is 0 Å². The second-order valence-corrected chi connectivity index (χ2v) is 8.37. The standard InChI is InChI=1S/C22H23ClN4O4/c1-25-12-15(21(30)26-8-2-3-9-26)10-18(22(25)31)24-20(29)14-11-19(28)27(13-14)17-6-4-16(23)5-7-17/h4-7,10,12,14H,2-3,8-9,11,13H2,1H3,(H,24,29)/t14-/m1/s1. The van der Waals surface area contributed by atoms with Crippen molar-refractivity contribution in [1.82, 2.24) is 9.47 Å². The van der Waals surface area contributed by atoms with Gasteiger partial charge in [-0.1, -0.05) is 11.6 Å². The number of aryl methyl sites for hydroxylation is 1. The average Bonchev–Trinajstić information content (AvgIpc) is 3.41. The SMILES string of the molecule is Cn1cc(C(=O)N2CCCC2)cc(NC(=O)[C@@H]2CC(=O)N(c3ccc(Cl)cc3)C2)c1=O. The Morgan fingerprint density at radius 3 is 2.45 bits per heavy atom. The molecule has 1 aromatic carbocycles. The minimum absolute atomic E-state index is 0.0370. The molecule has 9 heteroatoms. The number of nitrogens with zero attached hydrogens (tertiary/aromatic N) is 3. The summed E-state index contributed by atoms with van der Waals surface area (Å²) in [7, 11) is 1.54. The maximum atomic E-state index is 12.8. The number of carbonyl (C=O) groups is 3. The Labute approximate surface area is 184 Å². The highest BCUT2D eigenvalue weighted by Crippen LogP contribution is 2.27. The number of rotatable bonds is 4. The highest BCUT2D eigenvalue weighted by Gasteiger charge is 2.35. The minimum Gasteiger partial charge on any atom is -0.339 e. The lowest BCUT2D eigenvalue weighted by molar-refractivity contribution is -0.122. The molecule has 0 spiro atoms. The van der Waals surface area contributed by atoms with Crippen LogP contribution in [0.4, 0.5) is 11.4 Å². The smallest absolute Gasteiger partial charge is 0.274 e. The fourth-order valence-electron chi connectivity index (χ4n) is 4.01. The zero-order valence-electron chi connectivity index (χ0n) is 17.1. The molecule has 1 N–H and O–H groups in total. The predicted molar refractivity (Wildman–Crippen MR) is 117 cm³/mol. The number of benzene rings is 1. The van der Waals surface area contributed by atoms with E-state index in [1.807, 2.05) is 0 Å².